The normalized spacial score (nSPS) is 12.8. The molecule has 0 fully saturated rings. The highest BCUT2D eigenvalue weighted by atomic mass is 16.6. The molecule has 0 aromatic rings. The van der Waals surface area contributed by atoms with Gasteiger partial charge >= 0.3 is 17.9 Å². The maximum atomic E-state index is 12.9. The molecule has 6 nitrogen and oxygen atoms in total. The first kappa shape index (κ1) is 74.1. The summed E-state index contributed by atoms with van der Waals surface area (Å²) in [6.07, 6.45) is 89.6. The number of carbonyl (C=O) groups excluding carboxylic acids is 3. The van der Waals surface area contributed by atoms with Crippen LogP contribution in [0.25, 0.3) is 0 Å². The van der Waals surface area contributed by atoms with Gasteiger partial charge < -0.3 is 14.2 Å². The number of unbranched alkanes of at least 4 members (excludes halogenated alkanes) is 30. The highest BCUT2D eigenvalue weighted by Crippen LogP contribution is 2.16. The zero-order valence-corrected chi connectivity index (χ0v) is 51.2. The largest absolute Gasteiger partial charge is 0.462 e. The number of ether oxygens (including phenoxy) is 3. The third-order valence-corrected chi connectivity index (χ3v) is 14.0. The van der Waals surface area contributed by atoms with Crippen LogP contribution in [0.5, 0.6) is 0 Å². The van der Waals surface area contributed by atoms with E-state index in [1.807, 2.05) is 0 Å². The van der Waals surface area contributed by atoms with Gasteiger partial charge in [-0.1, -0.05) is 278 Å². The zero-order valence-electron chi connectivity index (χ0n) is 51.2. The lowest BCUT2D eigenvalue weighted by Crippen LogP contribution is -2.30. The Bertz CT molecular complexity index is 1570. The van der Waals surface area contributed by atoms with Crippen LogP contribution in [0.4, 0.5) is 0 Å². The van der Waals surface area contributed by atoms with Crippen molar-refractivity contribution in [1.29, 1.82) is 0 Å². The Morgan fingerprint density at radius 2 is 0.513 bits per heavy atom. The molecule has 78 heavy (non-hydrogen) atoms. The van der Waals surface area contributed by atoms with Crippen molar-refractivity contribution in [2.75, 3.05) is 13.2 Å². The lowest BCUT2D eigenvalue weighted by molar-refractivity contribution is -0.167. The van der Waals surface area contributed by atoms with Crippen molar-refractivity contribution < 1.29 is 28.6 Å². The minimum atomic E-state index is -0.792. The summed E-state index contributed by atoms with van der Waals surface area (Å²) in [5.41, 5.74) is 0. The van der Waals surface area contributed by atoms with Gasteiger partial charge in [0.05, 0.1) is 0 Å². The monoisotopic (exact) mass is 1080 g/mol. The Labute approximate surface area is 482 Å². The Balaban J connectivity index is 4.23. The molecular formula is C72H122O6. The third kappa shape index (κ3) is 62.9. The number of hydrogen-bond donors (Lipinski definition) is 0. The van der Waals surface area contributed by atoms with Crippen LogP contribution >= 0.6 is 0 Å². The van der Waals surface area contributed by atoms with Gasteiger partial charge in [0.1, 0.15) is 13.2 Å². The molecule has 1 unspecified atom stereocenters. The number of esters is 3. The Kier molecular flexibility index (Phi) is 62.3. The molecule has 0 N–H and O–H groups in total. The van der Waals surface area contributed by atoms with Crippen molar-refractivity contribution in [2.24, 2.45) is 0 Å². The molecule has 6 heteroatoms. The van der Waals surface area contributed by atoms with Crippen molar-refractivity contribution in [3.05, 3.63) is 109 Å². The summed E-state index contributed by atoms with van der Waals surface area (Å²) in [6.45, 7) is 6.46. The Hall–Kier alpha value is -3.93. The van der Waals surface area contributed by atoms with Crippen molar-refractivity contribution in [1.82, 2.24) is 0 Å². The van der Waals surface area contributed by atoms with Gasteiger partial charge in [-0.25, -0.2) is 0 Å². The molecule has 0 heterocycles. The van der Waals surface area contributed by atoms with Gasteiger partial charge in [-0.2, -0.15) is 0 Å². The van der Waals surface area contributed by atoms with Gasteiger partial charge in [-0.05, 0) is 122 Å². The fourth-order valence-electron chi connectivity index (χ4n) is 9.05. The Morgan fingerprint density at radius 1 is 0.269 bits per heavy atom. The second-order valence-corrected chi connectivity index (χ2v) is 21.6. The molecule has 0 rings (SSSR count). The summed E-state index contributed by atoms with van der Waals surface area (Å²) in [4.78, 5) is 38.3. The van der Waals surface area contributed by atoms with Gasteiger partial charge in [-0.3, -0.25) is 14.4 Å². The fraction of sp³-hybridized carbons (Fsp3) is 0.708. The molecule has 0 spiro atoms. The summed E-state index contributed by atoms with van der Waals surface area (Å²) < 4.78 is 16.9. The average molecular weight is 1080 g/mol. The van der Waals surface area contributed by atoms with Crippen LogP contribution in [0.2, 0.25) is 0 Å². The van der Waals surface area contributed by atoms with Crippen LogP contribution in [0.3, 0.4) is 0 Å². The molecule has 0 amide bonds. The maximum Gasteiger partial charge on any atom is 0.306 e. The molecule has 446 valence electrons. The number of carbonyl (C=O) groups is 3. The van der Waals surface area contributed by atoms with E-state index >= 15 is 0 Å². The van der Waals surface area contributed by atoms with Crippen LogP contribution < -0.4 is 0 Å². The minimum absolute atomic E-state index is 0.0873. The van der Waals surface area contributed by atoms with Crippen LogP contribution in [-0.4, -0.2) is 37.2 Å². The van der Waals surface area contributed by atoms with E-state index in [0.717, 1.165) is 141 Å². The maximum absolute atomic E-state index is 12.9. The number of rotatable bonds is 59. The average Bonchev–Trinajstić information content (AvgIpc) is 3.44. The molecule has 1 atom stereocenters. The van der Waals surface area contributed by atoms with E-state index in [2.05, 4.69) is 130 Å². The zero-order chi connectivity index (χ0) is 56.4. The van der Waals surface area contributed by atoms with E-state index in [9.17, 15) is 14.4 Å². The van der Waals surface area contributed by atoms with Crippen LogP contribution in [-0.2, 0) is 28.6 Å². The topological polar surface area (TPSA) is 78.9 Å². The van der Waals surface area contributed by atoms with Gasteiger partial charge in [0.2, 0.25) is 0 Å². The highest BCUT2D eigenvalue weighted by molar-refractivity contribution is 5.71. The number of hydrogen-bond acceptors (Lipinski definition) is 6. The van der Waals surface area contributed by atoms with E-state index in [1.165, 1.54) is 128 Å². The van der Waals surface area contributed by atoms with E-state index in [1.54, 1.807) is 0 Å². The molecule has 0 aromatic heterocycles. The summed E-state index contributed by atoms with van der Waals surface area (Å²) >= 11 is 0. The summed E-state index contributed by atoms with van der Waals surface area (Å²) in [7, 11) is 0. The molecular weight excluding hydrogens is 961 g/mol. The van der Waals surface area contributed by atoms with E-state index in [0.29, 0.717) is 19.3 Å². The molecule has 0 bridgehead atoms. The first-order valence-corrected chi connectivity index (χ1v) is 32.9. The lowest BCUT2D eigenvalue weighted by atomic mass is 10.0. The molecule has 0 saturated heterocycles. The standard InChI is InChI=1S/C72H122O6/c1-4-7-10-13-16-19-22-25-28-29-30-31-32-33-34-35-36-37-38-39-40-41-42-43-45-47-50-53-56-59-62-65-71(74)77-68-69(67-76-70(73)64-61-58-55-52-49-46-27-24-21-18-15-12-9-6-3)78-72(75)66-63-60-57-54-51-48-44-26-23-20-17-14-11-8-5-2/h7,10,15-20,24-28,30-31,33-34,44,69H,4-6,8-9,11-14,21-23,29,32,35-43,45-68H2,1-3H3/b10-7-,18-15-,19-16-,20-17-,27-24-,28-25-,31-30-,34-33-,44-26-. The number of allylic oxidation sites excluding steroid dienone is 18. The predicted octanol–water partition coefficient (Wildman–Crippen LogP) is 22.6. The third-order valence-electron chi connectivity index (χ3n) is 14.0. The van der Waals surface area contributed by atoms with Gasteiger partial charge in [-0.15, -0.1) is 0 Å². The Morgan fingerprint density at radius 3 is 0.821 bits per heavy atom. The SMILES string of the molecule is CC/C=C\C/C=C\C/C=C\C/C=C\C/C=C\CCCCCCCCCCCCCCCCCC(=O)OCC(COC(=O)CCCCCCC/C=C\C/C=C\CCCC)OC(=O)CCCCCCC/C=C\C/C=C\CCCCC. The van der Waals surface area contributed by atoms with Crippen molar-refractivity contribution in [3.8, 4) is 0 Å². The highest BCUT2D eigenvalue weighted by Gasteiger charge is 2.19. The lowest BCUT2D eigenvalue weighted by Gasteiger charge is -2.18. The van der Waals surface area contributed by atoms with Crippen LogP contribution in [0.1, 0.15) is 310 Å². The smallest absolute Gasteiger partial charge is 0.306 e. The molecule has 0 aromatic carbocycles. The summed E-state index contributed by atoms with van der Waals surface area (Å²) in [6, 6.07) is 0. The predicted molar refractivity (Wildman–Crippen MR) is 339 cm³/mol. The molecule has 0 aliphatic carbocycles. The van der Waals surface area contributed by atoms with E-state index in [4.69, 9.17) is 14.2 Å². The second-order valence-electron chi connectivity index (χ2n) is 21.6. The van der Waals surface area contributed by atoms with Gasteiger partial charge in [0, 0.05) is 19.3 Å². The van der Waals surface area contributed by atoms with E-state index in [-0.39, 0.29) is 31.1 Å². The first-order chi connectivity index (χ1) is 38.5. The minimum Gasteiger partial charge on any atom is -0.462 e. The fourth-order valence-corrected chi connectivity index (χ4v) is 9.05. The van der Waals surface area contributed by atoms with Crippen LogP contribution in [0, 0.1) is 0 Å². The first-order valence-electron chi connectivity index (χ1n) is 32.9. The van der Waals surface area contributed by atoms with Gasteiger partial charge in [0.25, 0.3) is 0 Å². The summed E-state index contributed by atoms with van der Waals surface area (Å²) in [5.74, 6) is -0.908. The quantitative estimate of drug-likeness (QED) is 0.0261. The van der Waals surface area contributed by atoms with Crippen molar-refractivity contribution in [2.45, 2.75) is 316 Å². The molecule has 0 radical (unpaired) electrons. The van der Waals surface area contributed by atoms with Crippen molar-refractivity contribution in [3.63, 3.8) is 0 Å². The van der Waals surface area contributed by atoms with Gasteiger partial charge in [0.15, 0.2) is 6.10 Å². The molecule has 0 aliphatic heterocycles. The van der Waals surface area contributed by atoms with Crippen LogP contribution in [0.15, 0.2) is 109 Å². The van der Waals surface area contributed by atoms with Crippen molar-refractivity contribution >= 4 is 17.9 Å². The summed E-state index contributed by atoms with van der Waals surface area (Å²) in [5, 5.41) is 0. The van der Waals surface area contributed by atoms with E-state index < -0.39 is 6.10 Å². The molecule has 0 aliphatic rings. The molecule has 0 saturated carbocycles. The second kappa shape index (κ2) is 65.6.